The summed E-state index contributed by atoms with van der Waals surface area (Å²) in [4.78, 5) is 2.46. The Labute approximate surface area is 92.5 Å². The van der Waals surface area contributed by atoms with Gasteiger partial charge in [0.15, 0.2) is 0 Å². The lowest BCUT2D eigenvalue weighted by molar-refractivity contribution is 0.0213. The standard InChI is InChI=1S/C12H22N2O/c1-2-8-14(9-3-1)10-11-15-12-4-6-13-7-5-12/h1-2,12-13H,3-11H2. The predicted octanol–water partition coefficient (Wildman–Crippen LogP) is 1.02. The zero-order valence-corrected chi connectivity index (χ0v) is 9.45. The van der Waals surface area contributed by atoms with E-state index in [0.717, 1.165) is 32.8 Å². The molecular formula is C12H22N2O. The number of rotatable bonds is 4. The van der Waals surface area contributed by atoms with Gasteiger partial charge in [-0.3, -0.25) is 4.90 Å². The Morgan fingerprint density at radius 1 is 1.27 bits per heavy atom. The van der Waals surface area contributed by atoms with Gasteiger partial charge in [0.2, 0.25) is 0 Å². The number of hydrogen-bond acceptors (Lipinski definition) is 3. The van der Waals surface area contributed by atoms with E-state index in [-0.39, 0.29) is 0 Å². The highest BCUT2D eigenvalue weighted by molar-refractivity contribution is 4.90. The van der Waals surface area contributed by atoms with Crippen LogP contribution in [0.1, 0.15) is 19.3 Å². The number of hydrogen-bond donors (Lipinski definition) is 1. The van der Waals surface area contributed by atoms with Crippen LogP contribution >= 0.6 is 0 Å². The van der Waals surface area contributed by atoms with E-state index in [4.69, 9.17) is 4.74 Å². The lowest BCUT2D eigenvalue weighted by Gasteiger charge is -2.26. The van der Waals surface area contributed by atoms with Crippen LogP contribution in [0.5, 0.6) is 0 Å². The highest BCUT2D eigenvalue weighted by atomic mass is 16.5. The minimum Gasteiger partial charge on any atom is -0.377 e. The van der Waals surface area contributed by atoms with E-state index in [1.54, 1.807) is 0 Å². The van der Waals surface area contributed by atoms with Gasteiger partial charge in [-0.25, -0.2) is 0 Å². The Morgan fingerprint density at radius 3 is 2.87 bits per heavy atom. The van der Waals surface area contributed by atoms with Crippen LogP contribution in [0.25, 0.3) is 0 Å². The SMILES string of the molecule is C1=CCN(CCOC2CCNCC2)CC1. The van der Waals surface area contributed by atoms with Crippen molar-refractivity contribution in [2.75, 3.05) is 39.3 Å². The molecule has 0 unspecified atom stereocenters. The van der Waals surface area contributed by atoms with Crippen LogP contribution in [0.3, 0.4) is 0 Å². The zero-order valence-electron chi connectivity index (χ0n) is 9.45. The Bertz CT molecular complexity index is 200. The molecule has 2 heterocycles. The molecule has 1 saturated heterocycles. The highest BCUT2D eigenvalue weighted by Gasteiger charge is 2.13. The monoisotopic (exact) mass is 210 g/mol. The summed E-state index contributed by atoms with van der Waals surface area (Å²) in [5.41, 5.74) is 0. The summed E-state index contributed by atoms with van der Waals surface area (Å²) in [5.74, 6) is 0. The van der Waals surface area contributed by atoms with Crippen LogP contribution in [0, 0.1) is 0 Å². The molecule has 0 aromatic heterocycles. The number of ether oxygens (including phenoxy) is 1. The third-order valence-electron chi connectivity index (χ3n) is 3.19. The van der Waals surface area contributed by atoms with Crippen LogP contribution in [0.2, 0.25) is 0 Å². The average Bonchev–Trinajstić information content (AvgIpc) is 2.32. The van der Waals surface area contributed by atoms with Crippen LogP contribution in [0.15, 0.2) is 12.2 Å². The number of nitrogens with zero attached hydrogens (tertiary/aromatic N) is 1. The first-order chi connectivity index (χ1) is 7.45. The molecule has 0 atom stereocenters. The maximum Gasteiger partial charge on any atom is 0.0600 e. The molecule has 2 aliphatic rings. The molecule has 86 valence electrons. The van der Waals surface area contributed by atoms with Crippen LogP contribution < -0.4 is 5.32 Å². The number of nitrogens with one attached hydrogen (secondary N) is 1. The zero-order chi connectivity index (χ0) is 10.3. The van der Waals surface area contributed by atoms with Gasteiger partial charge in [0.1, 0.15) is 0 Å². The van der Waals surface area contributed by atoms with Gasteiger partial charge in [-0.1, -0.05) is 12.2 Å². The van der Waals surface area contributed by atoms with Crippen LogP contribution in [-0.2, 0) is 4.74 Å². The van der Waals surface area contributed by atoms with E-state index >= 15 is 0 Å². The second-order valence-electron chi connectivity index (χ2n) is 4.38. The van der Waals surface area contributed by atoms with Gasteiger partial charge in [0.05, 0.1) is 12.7 Å². The molecule has 15 heavy (non-hydrogen) atoms. The first-order valence-electron chi connectivity index (χ1n) is 6.15. The van der Waals surface area contributed by atoms with Crippen LogP contribution in [0.4, 0.5) is 0 Å². The van der Waals surface area contributed by atoms with Crippen molar-refractivity contribution < 1.29 is 4.74 Å². The van der Waals surface area contributed by atoms with Crippen molar-refractivity contribution in [3.05, 3.63) is 12.2 Å². The molecule has 0 saturated carbocycles. The van der Waals surface area contributed by atoms with Gasteiger partial charge in [-0.2, -0.15) is 0 Å². The predicted molar refractivity (Wildman–Crippen MR) is 62.0 cm³/mol. The van der Waals surface area contributed by atoms with E-state index in [0.29, 0.717) is 6.10 Å². The lowest BCUT2D eigenvalue weighted by atomic mass is 10.1. The summed E-state index contributed by atoms with van der Waals surface area (Å²) in [6, 6.07) is 0. The lowest BCUT2D eigenvalue weighted by Crippen LogP contribution is -2.35. The summed E-state index contributed by atoms with van der Waals surface area (Å²) in [6.07, 6.45) is 8.59. The quantitative estimate of drug-likeness (QED) is 0.701. The highest BCUT2D eigenvalue weighted by Crippen LogP contribution is 2.07. The van der Waals surface area contributed by atoms with E-state index in [2.05, 4.69) is 22.4 Å². The fourth-order valence-electron chi connectivity index (χ4n) is 2.20. The second-order valence-corrected chi connectivity index (χ2v) is 4.38. The normalized spacial score (nSPS) is 24.5. The number of piperidine rings is 1. The second kappa shape index (κ2) is 6.26. The molecule has 2 aliphatic heterocycles. The molecule has 0 aromatic rings. The van der Waals surface area contributed by atoms with Gasteiger partial charge >= 0.3 is 0 Å². The van der Waals surface area contributed by atoms with Gasteiger partial charge in [-0.15, -0.1) is 0 Å². The fraction of sp³-hybridized carbons (Fsp3) is 0.833. The summed E-state index contributed by atoms with van der Waals surface area (Å²) < 4.78 is 5.88. The fourth-order valence-corrected chi connectivity index (χ4v) is 2.20. The Kier molecular flexibility index (Phi) is 4.64. The minimum absolute atomic E-state index is 0.506. The molecule has 0 bridgehead atoms. The molecule has 3 heteroatoms. The molecule has 0 aromatic carbocycles. The molecule has 0 radical (unpaired) electrons. The summed E-state index contributed by atoms with van der Waals surface area (Å²) in [6.45, 7) is 6.54. The van der Waals surface area contributed by atoms with Crippen molar-refractivity contribution in [2.24, 2.45) is 0 Å². The van der Waals surface area contributed by atoms with E-state index in [1.807, 2.05) is 0 Å². The molecule has 2 rings (SSSR count). The topological polar surface area (TPSA) is 24.5 Å². The average molecular weight is 210 g/mol. The van der Waals surface area contributed by atoms with Crippen molar-refractivity contribution in [2.45, 2.75) is 25.4 Å². The smallest absolute Gasteiger partial charge is 0.0600 e. The van der Waals surface area contributed by atoms with Gasteiger partial charge in [0, 0.05) is 19.6 Å². The molecule has 1 N–H and O–H groups in total. The van der Waals surface area contributed by atoms with Crippen molar-refractivity contribution in [3.8, 4) is 0 Å². The molecule has 0 spiro atoms. The van der Waals surface area contributed by atoms with Crippen molar-refractivity contribution >= 4 is 0 Å². The third-order valence-corrected chi connectivity index (χ3v) is 3.19. The maximum absolute atomic E-state index is 5.88. The molecular weight excluding hydrogens is 188 g/mol. The largest absolute Gasteiger partial charge is 0.377 e. The first-order valence-corrected chi connectivity index (χ1v) is 6.15. The minimum atomic E-state index is 0.506. The van der Waals surface area contributed by atoms with E-state index in [9.17, 15) is 0 Å². The van der Waals surface area contributed by atoms with Crippen molar-refractivity contribution in [3.63, 3.8) is 0 Å². The van der Waals surface area contributed by atoms with Crippen LogP contribution in [-0.4, -0.2) is 50.3 Å². The Balaban J connectivity index is 1.55. The third kappa shape index (κ3) is 3.93. The van der Waals surface area contributed by atoms with E-state index in [1.165, 1.54) is 25.8 Å². The van der Waals surface area contributed by atoms with Gasteiger partial charge < -0.3 is 10.1 Å². The molecule has 1 fully saturated rings. The first kappa shape index (κ1) is 11.1. The Morgan fingerprint density at radius 2 is 2.13 bits per heavy atom. The summed E-state index contributed by atoms with van der Waals surface area (Å²) in [7, 11) is 0. The molecule has 0 aliphatic carbocycles. The molecule has 0 amide bonds. The van der Waals surface area contributed by atoms with E-state index < -0.39 is 0 Å². The van der Waals surface area contributed by atoms with Gasteiger partial charge in [0.25, 0.3) is 0 Å². The maximum atomic E-state index is 5.88. The summed E-state index contributed by atoms with van der Waals surface area (Å²) >= 11 is 0. The van der Waals surface area contributed by atoms with Crippen molar-refractivity contribution in [1.82, 2.24) is 10.2 Å². The van der Waals surface area contributed by atoms with Gasteiger partial charge in [-0.05, 0) is 32.4 Å². The Hall–Kier alpha value is -0.380. The van der Waals surface area contributed by atoms with Crippen molar-refractivity contribution in [1.29, 1.82) is 0 Å². The molecule has 3 nitrogen and oxygen atoms in total. The summed E-state index contributed by atoms with van der Waals surface area (Å²) in [5, 5.41) is 3.35.